The lowest BCUT2D eigenvalue weighted by atomic mass is 10.1. The highest BCUT2D eigenvalue weighted by Crippen LogP contribution is 2.24. The van der Waals surface area contributed by atoms with Gasteiger partial charge in [0.1, 0.15) is 0 Å². The predicted molar refractivity (Wildman–Crippen MR) is 78.1 cm³/mol. The van der Waals surface area contributed by atoms with E-state index in [1.807, 2.05) is 48.1 Å². The Kier molecular flexibility index (Phi) is 3.21. The molecule has 3 rings (SSSR count). The Labute approximate surface area is 117 Å². The first-order chi connectivity index (χ1) is 9.76. The Morgan fingerprint density at radius 3 is 2.65 bits per heavy atom. The zero-order valence-electron chi connectivity index (χ0n) is 11.4. The molecule has 20 heavy (non-hydrogen) atoms. The van der Waals surface area contributed by atoms with Crippen molar-refractivity contribution >= 4 is 0 Å². The highest BCUT2D eigenvalue weighted by atomic mass is 16.5. The number of nitrogens with zero attached hydrogens (tertiary/aromatic N) is 3. The molecule has 0 unspecified atom stereocenters. The van der Waals surface area contributed by atoms with Gasteiger partial charge < -0.3 is 4.74 Å². The SMILES string of the molecule is COc1cc(-c2cccc(-n3ccc(C)n3)c2)ccn1. The largest absolute Gasteiger partial charge is 0.481 e. The Bertz CT molecular complexity index is 734. The number of hydrogen-bond donors (Lipinski definition) is 0. The van der Waals surface area contributed by atoms with Crippen molar-refractivity contribution in [3.8, 4) is 22.7 Å². The van der Waals surface area contributed by atoms with Crippen LogP contribution in [0.3, 0.4) is 0 Å². The molecule has 0 radical (unpaired) electrons. The van der Waals surface area contributed by atoms with E-state index in [9.17, 15) is 0 Å². The minimum Gasteiger partial charge on any atom is -0.481 e. The Hall–Kier alpha value is -2.62. The van der Waals surface area contributed by atoms with E-state index < -0.39 is 0 Å². The highest BCUT2D eigenvalue weighted by molar-refractivity contribution is 5.66. The third-order valence-electron chi connectivity index (χ3n) is 3.11. The molecule has 0 saturated carbocycles. The maximum Gasteiger partial charge on any atom is 0.213 e. The van der Waals surface area contributed by atoms with Gasteiger partial charge in [-0.2, -0.15) is 5.10 Å². The van der Waals surface area contributed by atoms with E-state index in [-0.39, 0.29) is 0 Å². The number of ether oxygens (including phenoxy) is 1. The molecule has 0 atom stereocenters. The molecule has 0 spiro atoms. The molecule has 2 heterocycles. The minimum absolute atomic E-state index is 0.614. The maximum absolute atomic E-state index is 5.17. The van der Waals surface area contributed by atoms with Gasteiger partial charge in [0.15, 0.2) is 0 Å². The van der Waals surface area contributed by atoms with Crippen molar-refractivity contribution in [2.75, 3.05) is 7.11 Å². The molecular formula is C16H15N3O. The number of aryl methyl sites for hydroxylation is 1. The molecule has 4 heteroatoms. The van der Waals surface area contributed by atoms with E-state index >= 15 is 0 Å². The van der Waals surface area contributed by atoms with E-state index in [2.05, 4.69) is 22.2 Å². The number of benzene rings is 1. The smallest absolute Gasteiger partial charge is 0.213 e. The number of rotatable bonds is 3. The summed E-state index contributed by atoms with van der Waals surface area (Å²) in [5, 5.41) is 4.43. The second-order valence-corrected chi connectivity index (χ2v) is 4.54. The Morgan fingerprint density at radius 1 is 1.05 bits per heavy atom. The normalized spacial score (nSPS) is 10.5. The summed E-state index contributed by atoms with van der Waals surface area (Å²) in [5.41, 5.74) is 4.21. The summed E-state index contributed by atoms with van der Waals surface area (Å²) < 4.78 is 7.04. The molecule has 100 valence electrons. The molecule has 0 N–H and O–H groups in total. The average molecular weight is 265 g/mol. The number of methoxy groups -OCH3 is 1. The molecule has 4 nitrogen and oxygen atoms in total. The van der Waals surface area contributed by atoms with Crippen LogP contribution in [-0.4, -0.2) is 21.9 Å². The molecule has 0 fully saturated rings. The van der Waals surface area contributed by atoms with Gasteiger partial charge in [0.05, 0.1) is 18.5 Å². The van der Waals surface area contributed by atoms with Crippen molar-refractivity contribution < 1.29 is 4.74 Å². The van der Waals surface area contributed by atoms with Crippen molar-refractivity contribution in [1.82, 2.24) is 14.8 Å². The lowest BCUT2D eigenvalue weighted by molar-refractivity contribution is 0.398. The van der Waals surface area contributed by atoms with Gasteiger partial charge in [-0.15, -0.1) is 0 Å². The van der Waals surface area contributed by atoms with Gasteiger partial charge in [-0.1, -0.05) is 12.1 Å². The number of hydrogen-bond acceptors (Lipinski definition) is 3. The summed E-state index contributed by atoms with van der Waals surface area (Å²) in [5.74, 6) is 0.614. The van der Waals surface area contributed by atoms with Crippen LogP contribution in [0.2, 0.25) is 0 Å². The number of aromatic nitrogens is 3. The summed E-state index contributed by atoms with van der Waals surface area (Å²) in [4.78, 5) is 4.13. The van der Waals surface area contributed by atoms with Crippen LogP contribution >= 0.6 is 0 Å². The first kappa shape index (κ1) is 12.4. The predicted octanol–water partition coefficient (Wildman–Crippen LogP) is 3.25. The topological polar surface area (TPSA) is 39.9 Å². The van der Waals surface area contributed by atoms with Crippen LogP contribution in [0, 0.1) is 6.92 Å². The van der Waals surface area contributed by atoms with Crippen molar-refractivity contribution in [2.45, 2.75) is 6.92 Å². The fourth-order valence-electron chi connectivity index (χ4n) is 2.09. The van der Waals surface area contributed by atoms with Crippen LogP contribution in [0.25, 0.3) is 16.8 Å². The second-order valence-electron chi connectivity index (χ2n) is 4.54. The maximum atomic E-state index is 5.17. The monoisotopic (exact) mass is 265 g/mol. The third kappa shape index (κ3) is 2.40. The first-order valence-corrected chi connectivity index (χ1v) is 6.39. The van der Waals surface area contributed by atoms with E-state index in [4.69, 9.17) is 4.74 Å². The average Bonchev–Trinajstić information content (AvgIpc) is 2.94. The summed E-state index contributed by atoms with van der Waals surface area (Å²) >= 11 is 0. The van der Waals surface area contributed by atoms with Crippen LogP contribution in [0.1, 0.15) is 5.69 Å². The second kappa shape index (κ2) is 5.17. The summed E-state index contributed by atoms with van der Waals surface area (Å²) in [7, 11) is 1.62. The third-order valence-corrected chi connectivity index (χ3v) is 3.11. The van der Waals surface area contributed by atoms with Crippen LogP contribution < -0.4 is 4.74 Å². The molecular weight excluding hydrogens is 250 g/mol. The van der Waals surface area contributed by atoms with Crippen molar-refractivity contribution in [3.63, 3.8) is 0 Å². The molecule has 1 aromatic carbocycles. The summed E-state index contributed by atoms with van der Waals surface area (Å²) in [6.07, 6.45) is 3.71. The van der Waals surface area contributed by atoms with Crippen molar-refractivity contribution in [1.29, 1.82) is 0 Å². The quantitative estimate of drug-likeness (QED) is 0.729. The van der Waals surface area contributed by atoms with Crippen LogP contribution in [0.15, 0.2) is 54.9 Å². The molecule has 0 aliphatic heterocycles. The van der Waals surface area contributed by atoms with Gasteiger partial charge in [0.2, 0.25) is 5.88 Å². The van der Waals surface area contributed by atoms with E-state index in [1.54, 1.807) is 13.3 Å². The highest BCUT2D eigenvalue weighted by Gasteiger charge is 2.03. The summed E-state index contributed by atoms with van der Waals surface area (Å²) in [6.45, 7) is 1.98. The lowest BCUT2D eigenvalue weighted by Gasteiger charge is -2.07. The van der Waals surface area contributed by atoms with Gasteiger partial charge >= 0.3 is 0 Å². The van der Waals surface area contributed by atoms with Crippen molar-refractivity contribution in [3.05, 3.63) is 60.6 Å². The molecule has 2 aromatic heterocycles. The van der Waals surface area contributed by atoms with Crippen LogP contribution in [-0.2, 0) is 0 Å². The fraction of sp³-hybridized carbons (Fsp3) is 0.125. The molecule has 0 bridgehead atoms. The first-order valence-electron chi connectivity index (χ1n) is 6.39. The van der Waals surface area contributed by atoms with E-state index in [1.165, 1.54) is 0 Å². The van der Waals surface area contributed by atoms with Crippen LogP contribution in [0.5, 0.6) is 5.88 Å². The number of pyridine rings is 1. The fourth-order valence-corrected chi connectivity index (χ4v) is 2.09. The van der Waals surface area contributed by atoms with Gasteiger partial charge in [-0.05, 0) is 42.3 Å². The van der Waals surface area contributed by atoms with E-state index in [0.29, 0.717) is 5.88 Å². The van der Waals surface area contributed by atoms with E-state index in [0.717, 1.165) is 22.5 Å². The zero-order chi connectivity index (χ0) is 13.9. The molecule has 3 aromatic rings. The lowest BCUT2D eigenvalue weighted by Crippen LogP contribution is -1.95. The Morgan fingerprint density at radius 2 is 1.90 bits per heavy atom. The van der Waals surface area contributed by atoms with Gasteiger partial charge in [-0.3, -0.25) is 0 Å². The Balaban J connectivity index is 2.02. The standard InChI is InChI=1S/C16H15N3O/c1-12-7-9-19(18-12)15-5-3-4-13(10-15)14-6-8-17-16(11-14)20-2/h3-11H,1-2H3. The molecule has 0 aliphatic carbocycles. The van der Waals surface area contributed by atoms with Gasteiger partial charge in [0, 0.05) is 18.5 Å². The molecule has 0 amide bonds. The van der Waals surface area contributed by atoms with Crippen LogP contribution in [0.4, 0.5) is 0 Å². The molecule has 0 saturated heterocycles. The van der Waals surface area contributed by atoms with Gasteiger partial charge in [-0.25, -0.2) is 9.67 Å². The zero-order valence-corrected chi connectivity index (χ0v) is 11.4. The minimum atomic E-state index is 0.614. The summed E-state index contributed by atoms with van der Waals surface area (Å²) in [6, 6.07) is 14.1. The van der Waals surface area contributed by atoms with Gasteiger partial charge in [0.25, 0.3) is 0 Å². The van der Waals surface area contributed by atoms with Crippen molar-refractivity contribution in [2.24, 2.45) is 0 Å². The molecule has 0 aliphatic rings.